The molecular formula is C10H15NO3. The van der Waals surface area contributed by atoms with Gasteiger partial charge in [0.1, 0.15) is 0 Å². The lowest BCUT2D eigenvalue weighted by molar-refractivity contribution is 0.0155. The molecule has 0 saturated carbocycles. The summed E-state index contributed by atoms with van der Waals surface area (Å²) in [6.45, 7) is 4.77. The third kappa shape index (κ3) is 3.06. The molecule has 0 aromatic heterocycles. The van der Waals surface area contributed by atoms with Gasteiger partial charge in [-0.1, -0.05) is 12.7 Å². The van der Waals surface area contributed by atoms with E-state index in [1.54, 1.807) is 19.2 Å². The summed E-state index contributed by atoms with van der Waals surface area (Å²) in [6, 6.07) is 0. The van der Waals surface area contributed by atoms with Crippen molar-refractivity contribution in [2.45, 2.75) is 6.29 Å². The van der Waals surface area contributed by atoms with Crippen molar-refractivity contribution >= 4 is 5.71 Å². The minimum atomic E-state index is -0.372. The molecule has 0 unspecified atom stereocenters. The van der Waals surface area contributed by atoms with Crippen LogP contribution in [0.3, 0.4) is 0 Å². The van der Waals surface area contributed by atoms with Crippen molar-refractivity contribution in [2.75, 3.05) is 26.9 Å². The van der Waals surface area contributed by atoms with Crippen LogP contribution < -0.4 is 0 Å². The van der Waals surface area contributed by atoms with Crippen molar-refractivity contribution in [3.05, 3.63) is 24.3 Å². The molecule has 4 nitrogen and oxygen atoms in total. The highest BCUT2D eigenvalue weighted by molar-refractivity contribution is 5.98. The highest BCUT2D eigenvalue weighted by Gasteiger charge is 2.19. The molecule has 14 heavy (non-hydrogen) atoms. The van der Waals surface area contributed by atoms with Gasteiger partial charge in [-0.2, -0.15) is 0 Å². The third-order valence-corrected chi connectivity index (χ3v) is 1.81. The van der Waals surface area contributed by atoms with Crippen LogP contribution in [-0.4, -0.2) is 44.0 Å². The van der Waals surface area contributed by atoms with E-state index in [1.165, 1.54) is 0 Å². The molecule has 0 aliphatic carbocycles. The molecule has 0 radical (unpaired) electrons. The molecule has 0 atom stereocenters. The second-order valence-electron chi connectivity index (χ2n) is 2.87. The Balaban J connectivity index is 2.54. The van der Waals surface area contributed by atoms with Crippen LogP contribution in [0.1, 0.15) is 0 Å². The molecule has 1 aliphatic rings. The summed E-state index contributed by atoms with van der Waals surface area (Å²) in [4.78, 5) is 4.03. The van der Waals surface area contributed by atoms with E-state index in [4.69, 9.17) is 14.6 Å². The number of hydrogen-bond acceptors (Lipinski definition) is 4. The monoisotopic (exact) mass is 197 g/mol. The molecule has 1 aliphatic heterocycles. The molecule has 78 valence electrons. The summed E-state index contributed by atoms with van der Waals surface area (Å²) in [7, 11) is 1.67. The van der Waals surface area contributed by atoms with Crippen LogP contribution in [-0.2, 0) is 9.47 Å². The first-order valence-electron chi connectivity index (χ1n) is 4.44. The fourth-order valence-electron chi connectivity index (χ4n) is 1.04. The Bertz CT molecular complexity index is 252. The van der Waals surface area contributed by atoms with Crippen LogP contribution >= 0.6 is 0 Å². The zero-order chi connectivity index (χ0) is 10.4. The molecule has 0 aromatic carbocycles. The normalized spacial score (nSPS) is 19.4. The van der Waals surface area contributed by atoms with Gasteiger partial charge in [0, 0.05) is 7.05 Å². The van der Waals surface area contributed by atoms with Gasteiger partial charge in [0.2, 0.25) is 6.29 Å². The standard InChI is InChI=1S/C10H15NO3/c1-8(7-12)3-4-9(11-2)10-13-5-6-14-10/h3-4,10,12H,1,5-7H2,2H3/b4-3-,11-9?. The zero-order valence-corrected chi connectivity index (χ0v) is 8.27. The average molecular weight is 197 g/mol. The van der Waals surface area contributed by atoms with Crippen LogP contribution in [0.15, 0.2) is 29.3 Å². The van der Waals surface area contributed by atoms with E-state index in [2.05, 4.69) is 11.6 Å². The number of aliphatic hydroxyl groups excluding tert-OH is 1. The highest BCUT2D eigenvalue weighted by Crippen LogP contribution is 2.07. The second kappa shape index (κ2) is 5.70. The fourth-order valence-corrected chi connectivity index (χ4v) is 1.04. The summed E-state index contributed by atoms with van der Waals surface area (Å²) < 4.78 is 10.6. The number of nitrogens with zero attached hydrogens (tertiary/aromatic N) is 1. The lowest BCUT2D eigenvalue weighted by Gasteiger charge is -2.07. The topological polar surface area (TPSA) is 51.0 Å². The summed E-state index contributed by atoms with van der Waals surface area (Å²) in [5.74, 6) is 0. The zero-order valence-electron chi connectivity index (χ0n) is 8.27. The summed E-state index contributed by atoms with van der Waals surface area (Å²) in [6.07, 6.45) is 3.07. The van der Waals surface area contributed by atoms with Crippen LogP contribution in [0, 0.1) is 0 Å². The SMILES string of the molecule is C=C(/C=C\C(=NC)C1OCCO1)CO. The van der Waals surface area contributed by atoms with E-state index < -0.39 is 0 Å². The van der Waals surface area contributed by atoms with Crippen LogP contribution in [0.5, 0.6) is 0 Å². The molecule has 1 heterocycles. The number of rotatable bonds is 4. The fraction of sp³-hybridized carbons (Fsp3) is 0.500. The van der Waals surface area contributed by atoms with Gasteiger partial charge in [-0.05, 0) is 11.6 Å². The lowest BCUT2D eigenvalue weighted by Crippen LogP contribution is -2.19. The Morgan fingerprint density at radius 3 is 2.64 bits per heavy atom. The molecule has 1 fully saturated rings. The van der Waals surface area contributed by atoms with E-state index in [0.717, 1.165) is 0 Å². The quantitative estimate of drug-likeness (QED) is 0.528. The molecular weight excluding hydrogens is 182 g/mol. The van der Waals surface area contributed by atoms with E-state index in [9.17, 15) is 0 Å². The van der Waals surface area contributed by atoms with E-state index in [-0.39, 0.29) is 12.9 Å². The minimum Gasteiger partial charge on any atom is -0.392 e. The maximum Gasteiger partial charge on any atom is 0.200 e. The minimum absolute atomic E-state index is 0.0557. The molecule has 4 heteroatoms. The molecule has 0 spiro atoms. The van der Waals surface area contributed by atoms with Gasteiger partial charge in [-0.3, -0.25) is 4.99 Å². The molecule has 1 saturated heterocycles. The summed E-state index contributed by atoms with van der Waals surface area (Å²) in [5.41, 5.74) is 1.33. The first-order chi connectivity index (χ1) is 6.77. The molecule has 0 amide bonds. The maximum absolute atomic E-state index is 8.73. The van der Waals surface area contributed by atoms with Crippen molar-refractivity contribution in [3.63, 3.8) is 0 Å². The molecule has 0 aromatic rings. The second-order valence-corrected chi connectivity index (χ2v) is 2.87. The average Bonchev–Trinajstić information content (AvgIpc) is 2.72. The maximum atomic E-state index is 8.73. The van der Waals surface area contributed by atoms with Gasteiger partial charge < -0.3 is 14.6 Å². The van der Waals surface area contributed by atoms with Crippen molar-refractivity contribution in [3.8, 4) is 0 Å². The third-order valence-electron chi connectivity index (χ3n) is 1.81. The number of aliphatic imine (C=N–C) groups is 1. The van der Waals surface area contributed by atoms with Crippen LogP contribution in [0.4, 0.5) is 0 Å². The van der Waals surface area contributed by atoms with Crippen LogP contribution in [0.25, 0.3) is 0 Å². The van der Waals surface area contributed by atoms with Crippen molar-refractivity contribution in [2.24, 2.45) is 4.99 Å². The van der Waals surface area contributed by atoms with E-state index in [1.807, 2.05) is 0 Å². The Labute approximate surface area is 83.6 Å². The van der Waals surface area contributed by atoms with Crippen molar-refractivity contribution in [1.82, 2.24) is 0 Å². The molecule has 1 rings (SSSR count). The van der Waals surface area contributed by atoms with Gasteiger partial charge in [-0.15, -0.1) is 0 Å². The predicted molar refractivity (Wildman–Crippen MR) is 54.4 cm³/mol. The Kier molecular flexibility index (Phi) is 4.52. The Hall–Kier alpha value is -0.970. The predicted octanol–water partition coefficient (Wildman–Crippen LogP) is 0.535. The van der Waals surface area contributed by atoms with Gasteiger partial charge in [-0.25, -0.2) is 0 Å². The smallest absolute Gasteiger partial charge is 0.200 e. The largest absolute Gasteiger partial charge is 0.392 e. The van der Waals surface area contributed by atoms with Crippen molar-refractivity contribution < 1.29 is 14.6 Å². The molecule has 1 N–H and O–H groups in total. The summed E-state index contributed by atoms with van der Waals surface area (Å²) >= 11 is 0. The van der Waals surface area contributed by atoms with E-state index in [0.29, 0.717) is 24.5 Å². The van der Waals surface area contributed by atoms with Crippen molar-refractivity contribution in [1.29, 1.82) is 0 Å². The number of hydrogen-bond donors (Lipinski definition) is 1. The Morgan fingerprint density at radius 1 is 1.50 bits per heavy atom. The molecule has 0 bridgehead atoms. The Morgan fingerprint density at radius 2 is 2.14 bits per heavy atom. The van der Waals surface area contributed by atoms with Gasteiger partial charge in [0.25, 0.3) is 0 Å². The van der Waals surface area contributed by atoms with Gasteiger partial charge in [0.15, 0.2) is 0 Å². The van der Waals surface area contributed by atoms with Gasteiger partial charge >= 0.3 is 0 Å². The number of aliphatic hydroxyl groups is 1. The van der Waals surface area contributed by atoms with Gasteiger partial charge in [0.05, 0.1) is 25.5 Å². The lowest BCUT2D eigenvalue weighted by atomic mass is 10.2. The highest BCUT2D eigenvalue weighted by atomic mass is 16.7. The first-order valence-corrected chi connectivity index (χ1v) is 4.44. The van der Waals surface area contributed by atoms with E-state index >= 15 is 0 Å². The number of ether oxygens (including phenoxy) is 2. The first kappa shape index (κ1) is 11.1. The summed E-state index contributed by atoms with van der Waals surface area (Å²) in [5, 5.41) is 8.73. The van der Waals surface area contributed by atoms with Crippen LogP contribution in [0.2, 0.25) is 0 Å².